The summed E-state index contributed by atoms with van der Waals surface area (Å²) in [7, 11) is 0. The van der Waals surface area contributed by atoms with Gasteiger partial charge in [0.05, 0.1) is 0 Å². The van der Waals surface area contributed by atoms with E-state index < -0.39 is 11.5 Å². The number of carbonyl (C=O) groups is 1. The highest BCUT2D eigenvalue weighted by molar-refractivity contribution is 5.82. The molecule has 0 unspecified atom stereocenters. The van der Waals surface area contributed by atoms with Crippen LogP contribution in [0.4, 0.5) is 5.69 Å². The standard InChI is InChI=1S/C12H17NO2/c1-8-6-5-7-9(2)10(8)13-12(3,4)11(14)15/h5-7,13H,1-4H3,(H,14,15). The van der Waals surface area contributed by atoms with Gasteiger partial charge in [0.2, 0.25) is 0 Å². The second kappa shape index (κ2) is 3.93. The van der Waals surface area contributed by atoms with Crippen molar-refractivity contribution in [1.29, 1.82) is 0 Å². The normalized spacial score (nSPS) is 11.2. The van der Waals surface area contributed by atoms with Gasteiger partial charge >= 0.3 is 5.97 Å². The summed E-state index contributed by atoms with van der Waals surface area (Å²) in [5.74, 6) is -0.856. The Kier molecular flexibility index (Phi) is 3.03. The Balaban J connectivity index is 3.04. The van der Waals surface area contributed by atoms with E-state index in [9.17, 15) is 4.79 Å². The van der Waals surface area contributed by atoms with Crippen molar-refractivity contribution in [2.75, 3.05) is 5.32 Å². The minimum Gasteiger partial charge on any atom is -0.480 e. The number of rotatable bonds is 3. The second-order valence-corrected chi connectivity index (χ2v) is 4.32. The summed E-state index contributed by atoms with van der Waals surface area (Å²) in [5, 5.41) is 12.1. The van der Waals surface area contributed by atoms with Crippen molar-refractivity contribution < 1.29 is 9.90 Å². The van der Waals surface area contributed by atoms with Crippen molar-refractivity contribution in [2.45, 2.75) is 33.2 Å². The van der Waals surface area contributed by atoms with Crippen molar-refractivity contribution in [2.24, 2.45) is 0 Å². The van der Waals surface area contributed by atoms with Crippen LogP contribution in [0.15, 0.2) is 18.2 Å². The summed E-state index contributed by atoms with van der Waals surface area (Å²) in [6.45, 7) is 7.24. The molecule has 0 heterocycles. The molecule has 1 aromatic carbocycles. The highest BCUT2D eigenvalue weighted by atomic mass is 16.4. The van der Waals surface area contributed by atoms with E-state index in [2.05, 4.69) is 5.32 Å². The molecule has 0 fully saturated rings. The molecule has 0 spiro atoms. The van der Waals surface area contributed by atoms with Crippen LogP contribution in [0.3, 0.4) is 0 Å². The molecule has 0 aromatic heterocycles. The fourth-order valence-corrected chi connectivity index (χ4v) is 1.38. The number of carboxylic acids is 1. The van der Waals surface area contributed by atoms with Crippen molar-refractivity contribution in [3.05, 3.63) is 29.3 Å². The number of para-hydroxylation sites is 1. The molecule has 0 bridgehead atoms. The number of nitrogens with one attached hydrogen (secondary N) is 1. The predicted molar refractivity (Wildman–Crippen MR) is 61.3 cm³/mol. The zero-order valence-corrected chi connectivity index (χ0v) is 9.59. The van der Waals surface area contributed by atoms with Gasteiger partial charge in [0, 0.05) is 5.69 Å². The number of hydrogen-bond acceptors (Lipinski definition) is 2. The Morgan fingerprint density at radius 2 is 1.73 bits per heavy atom. The third-order valence-electron chi connectivity index (χ3n) is 2.45. The summed E-state index contributed by atoms with van der Waals surface area (Å²) in [5.41, 5.74) is 2.08. The van der Waals surface area contributed by atoms with Crippen molar-refractivity contribution in [3.8, 4) is 0 Å². The monoisotopic (exact) mass is 207 g/mol. The molecule has 15 heavy (non-hydrogen) atoms. The zero-order chi connectivity index (χ0) is 11.6. The Labute approximate surface area is 90.1 Å². The SMILES string of the molecule is Cc1cccc(C)c1NC(C)(C)C(=O)O. The predicted octanol–water partition coefficient (Wildman–Crippen LogP) is 2.58. The fraction of sp³-hybridized carbons (Fsp3) is 0.417. The van der Waals surface area contributed by atoms with E-state index in [1.165, 1.54) is 0 Å². The van der Waals surface area contributed by atoms with Crippen LogP contribution in [0.1, 0.15) is 25.0 Å². The zero-order valence-electron chi connectivity index (χ0n) is 9.59. The number of hydrogen-bond donors (Lipinski definition) is 2. The van der Waals surface area contributed by atoms with Gasteiger partial charge in [-0.2, -0.15) is 0 Å². The largest absolute Gasteiger partial charge is 0.480 e. The van der Waals surface area contributed by atoms with Gasteiger partial charge in [-0.25, -0.2) is 4.79 Å². The van der Waals surface area contributed by atoms with Crippen LogP contribution in [0.25, 0.3) is 0 Å². The van der Waals surface area contributed by atoms with Gasteiger partial charge < -0.3 is 10.4 Å². The topological polar surface area (TPSA) is 49.3 Å². The van der Waals surface area contributed by atoms with E-state index in [0.717, 1.165) is 16.8 Å². The number of carboxylic acid groups (broad SMARTS) is 1. The lowest BCUT2D eigenvalue weighted by atomic mass is 10.0. The number of aryl methyl sites for hydroxylation is 2. The summed E-state index contributed by atoms with van der Waals surface area (Å²) < 4.78 is 0. The Morgan fingerprint density at radius 1 is 1.27 bits per heavy atom. The van der Waals surface area contributed by atoms with E-state index >= 15 is 0 Å². The molecule has 3 heteroatoms. The van der Waals surface area contributed by atoms with E-state index in [-0.39, 0.29) is 0 Å². The maximum Gasteiger partial charge on any atom is 0.328 e. The van der Waals surface area contributed by atoms with Crippen LogP contribution in [0.5, 0.6) is 0 Å². The second-order valence-electron chi connectivity index (χ2n) is 4.32. The average molecular weight is 207 g/mol. The van der Waals surface area contributed by atoms with E-state index in [1.807, 2.05) is 32.0 Å². The summed E-state index contributed by atoms with van der Waals surface area (Å²) in [6.07, 6.45) is 0. The van der Waals surface area contributed by atoms with Crippen molar-refractivity contribution >= 4 is 11.7 Å². The van der Waals surface area contributed by atoms with Gasteiger partial charge in [-0.05, 0) is 38.8 Å². The summed E-state index contributed by atoms with van der Waals surface area (Å²) in [4.78, 5) is 11.0. The van der Waals surface area contributed by atoms with Gasteiger partial charge in [0.1, 0.15) is 5.54 Å². The van der Waals surface area contributed by atoms with E-state index in [4.69, 9.17) is 5.11 Å². The molecule has 0 radical (unpaired) electrons. The first-order valence-corrected chi connectivity index (χ1v) is 4.92. The molecular formula is C12H17NO2. The van der Waals surface area contributed by atoms with Crippen LogP contribution < -0.4 is 5.32 Å². The first-order chi connectivity index (χ1) is 6.84. The van der Waals surface area contributed by atoms with Crippen LogP contribution in [0, 0.1) is 13.8 Å². The number of aliphatic carboxylic acids is 1. The van der Waals surface area contributed by atoms with Crippen molar-refractivity contribution in [3.63, 3.8) is 0 Å². The molecule has 0 saturated heterocycles. The Hall–Kier alpha value is -1.51. The van der Waals surface area contributed by atoms with Gasteiger partial charge in [0.15, 0.2) is 0 Å². The molecule has 0 aliphatic carbocycles. The maximum absolute atomic E-state index is 11.0. The molecule has 1 aromatic rings. The Bertz CT molecular complexity index is 363. The lowest BCUT2D eigenvalue weighted by Gasteiger charge is -2.25. The molecule has 3 nitrogen and oxygen atoms in total. The average Bonchev–Trinajstić information content (AvgIpc) is 2.11. The van der Waals surface area contributed by atoms with Crippen LogP contribution in [-0.2, 0) is 4.79 Å². The van der Waals surface area contributed by atoms with Gasteiger partial charge in [-0.3, -0.25) is 0 Å². The molecule has 82 valence electrons. The molecule has 0 aliphatic heterocycles. The third-order valence-corrected chi connectivity index (χ3v) is 2.45. The lowest BCUT2D eigenvalue weighted by molar-refractivity contribution is -0.141. The van der Waals surface area contributed by atoms with Crippen LogP contribution in [-0.4, -0.2) is 16.6 Å². The smallest absolute Gasteiger partial charge is 0.328 e. The fourth-order valence-electron chi connectivity index (χ4n) is 1.38. The van der Waals surface area contributed by atoms with Gasteiger partial charge in [0.25, 0.3) is 0 Å². The molecule has 2 N–H and O–H groups in total. The molecular weight excluding hydrogens is 190 g/mol. The van der Waals surface area contributed by atoms with Crippen molar-refractivity contribution in [1.82, 2.24) is 0 Å². The highest BCUT2D eigenvalue weighted by Gasteiger charge is 2.27. The quantitative estimate of drug-likeness (QED) is 0.800. The molecule has 0 aliphatic rings. The van der Waals surface area contributed by atoms with Crippen LogP contribution >= 0.6 is 0 Å². The molecule has 0 amide bonds. The molecule has 0 saturated carbocycles. The molecule has 0 atom stereocenters. The summed E-state index contributed by atoms with van der Waals surface area (Å²) >= 11 is 0. The number of benzene rings is 1. The lowest BCUT2D eigenvalue weighted by Crippen LogP contribution is -2.40. The first-order valence-electron chi connectivity index (χ1n) is 4.92. The van der Waals surface area contributed by atoms with Crippen LogP contribution in [0.2, 0.25) is 0 Å². The first kappa shape index (κ1) is 11.6. The minimum atomic E-state index is -0.948. The minimum absolute atomic E-state index is 0.856. The summed E-state index contributed by atoms with van der Waals surface area (Å²) in [6, 6.07) is 5.89. The van der Waals surface area contributed by atoms with E-state index in [1.54, 1.807) is 13.8 Å². The highest BCUT2D eigenvalue weighted by Crippen LogP contribution is 2.23. The van der Waals surface area contributed by atoms with Gasteiger partial charge in [-0.1, -0.05) is 18.2 Å². The third kappa shape index (κ3) is 2.49. The molecule has 1 rings (SSSR count). The van der Waals surface area contributed by atoms with E-state index in [0.29, 0.717) is 0 Å². The Morgan fingerprint density at radius 3 is 2.13 bits per heavy atom. The number of anilines is 1. The maximum atomic E-state index is 11.0. The van der Waals surface area contributed by atoms with Gasteiger partial charge in [-0.15, -0.1) is 0 Å².